The Morgan fingerprint density at radius 1 is 1.29 bits per heavy atom. The number of nitrogens with zero attached hydrogens (tertiary/aromatic N) is 1. The fourth-order valence-corrected chi connectivity index (χ4v) is 2.60. The summed E-state index contributed by atoms with van der Waals surface area (Å²) >= 11 is 0. The monoisotopic (exact) mass is 337 g/mol. The predicted octanol–water partition coefficient (Wildman–Crippen LogP) is 2.88. The molecule has 0 N–H and O–H groups in total. The number of hydrogen-bond donors (Lipinski definition) is 0. The number of morpholine rings is 1. The summed E-state index contributed by atoms with van der Waals surface area (Å²) in [6.07, 6.45) is 0.276. The van der Waals surface area contributed by atoms with Crippen molar-refractivity contribution in [1.82, 2.24) is 4.90 Å². The average Bonchev–Trinajstić information content (AvgIpc) is 2.54. The van der Waals surface area contributed by atoms with Crippen LogP contribution in [0, 0.1) is 0 Å². The minimum Gasteiger partial charge on any atom is -0.497 e. The van der Waals surface area contributed by atoms with Crippen molar-refractivity contribution in [2.24, 2.45) is 0 Å². The molecule has 1 aromatic carbocycles. The maximum atomic E-state index is 12.2. The van der Waals surface area contributed by atoms with Gasteiger partial charge in [0.1, 0.15) is 17.1 Å². The van der Waals surface area contributed by atoms with Gasteiger partial charge in [0.05, 0.1) is 33.5 Å². The molecule has 2 rings (SSSR count). The highest BCUT2D eigenvalue weighted by molar-refractivity contribution is 5.68. The highest BCUT2D eigenvalue weighted by atomic mass is 16.6. The van der Waals surface area contributed by atoms with Crippen LogP contribution >= 0.6 is 0 Å². The van der Waals surface area contributed by atoms with Crippen molar-refractivity contribution >= 4 is 6.09 Å². The predicted molar refractivity (Wildman–Crippen MR) is 90.8 cm³/mol. The lowest BCUT2D eigenvalue weighted by Crippen LogP contribution is -2.48. The van der Waals surface area contributed by atoms with Crippen LogP contribution in [0.15, 0.2) is 18.2 Å². The molecule has 0 spiro atoms. The molecule has 24 heavy (non-hydrogen) atoms. The van der Waals surface area contributed by atoms with Gasteiger partial charge in [0, 0.05) is 19.0 Å². The van der Waals surface area contributed by atoms with Gasteiger partial charge in [-0.15, -0.1) is 0 Å². The lowest BCUT2D eigenvalue weighted by atomic mass is 10.1. The number of rotatable bonds is 4. The molecular weight excluding hydrogens is 310 g/mol. The van der Waals surface area contributed by atoms with Gasteiger partial charge >= 0.3 is 6.09 Å². The van der Waals surface area contributed by atoms with Crippen molar-refractivity contribution in [3.8, 4) is 11.5 Å². The summed E-state index contributed by atoms with van der Waals surface area (Å²) < 4.78 is 21.9. The second kappa shape index (κ2) is 7.75. The second-order valence-electron chi connectivity index (χ2n) is 6.80. The maximum Gasteiger partial charge on any atom is 0.410 e. The van der Waals surface area contributed by atoms with Crippen molar-refractivity contribution in [2.75, 3.05) is 33.9 Å². The van der Waals surface area contributed by atoms with E-state index in [1.54, 1.807) is 19.1 Å². The van der Waals surface area contributed by atoms with E-state index in [2.05, 4.69) is 0 Å². The lowest BCUT2D eigenvalue weighted by Gasteiger charge is -2.34. The van der Waals surface area contributed by atoms with E-state index in [0.717, 1.165) is 17.1 Å². The van der Waals surface area contributed by atoms with Gasteiger partial charge in [-0.25, -0.2) is 4.79 Å². The molecule has 6 heteroatoms. The SMILES string of the molecule is COc1ccc(CC2CN(C(=O)OC(C)(C)C)CCO2)c(OC)c1. The van der Waals surface area contributed by atoms with Crippen LogP contribution in [0.4, 0.5) is 4.79 Å². The summed E-state index contributed by atoms with van der Waals surface area (Å²) in [5, 5.41) is 0. The molecule has 0 bridgehead atoms. The normalized spacial score (nSPS) is 18.2. The van der Waals surface area contributed by atoms with Crippen LogP contribution in [0.25, 0.3) is 0 Å². The molecule has 134 valence electrons. The first-order valence-corrected chi connectivity index (χ1v) is 8.13. The van der Waals surface area contributed by atoms with E-state index in [4.69, 9.17) is 18.9 Å². The van der Waals surface area contributed by atoms with E-state index in [0.29, 0.717) is 26.1 Å². The summed E-state index contributed by atoms with van der Waals surface area (Å²) in [6.45, 7) is 7.15. The first kappa shape index (κ1) is 18.4. The molecule has 0 aliphatic carbocycles. The molecule has 1 saturated heterocycles. The molecule has 0 radical (unpaired) electrons. The van der Waals surface area contributed by atoms with Crippen LogP contribution in [-0.4, -0.2) is 56.6 Å². The summed E-state index contributed by atoms with van der Waals surface area (Å²) in [6, 6.07) is 5.71. The average molecular weight is 337 g/mol. The lowest BCUT2D eigenvalue weighted by molar-refractivity contribution is -0.0416. The molecule has 1 amide bonds. The molecule has 0 saturated carbocycles. The van der Waals surface area contributed by atoms with Crippen molar-refractivity contribution < 1.29 is 23.7 Å². The Bertz CT molecular complexity index is 567. The fourth-order valence-electron chi connectivity index (χ4n) is 2.60. The van der Waals surface area contributed by atoms with E-state index in [1.807, 2.05) is 39.0 Å². The quantitative estimate of drug-likeness (QED) is 0.845. The van der Waals surface area contributed by atoms with Crippen LogP contribution in [0.3, 0.4) is 0 Å². The first-order chi connectivity index (χ1) is 11.3. The third-order valence-corrected chi connectivity index (χ3v) is 3.73. The third-order valence-electron chi connectivity index (χ3n) is 3.73. The Morgan fingerprint density at radius 2 is 2.04 bits per heavy atom. The number of ether oxygens (including phenoxy) is 4. The van der Waals surface area contributed by atoms with Crippen LogP contribution in [0.1, 0.15) is 26.3 Å². The minimum absolute atomic E-state index is 0.0893. The standard InChI is InChI=1S/C18H27NO5/c1-18(2,3)24-17(20)19-8-9-23-15(12-19)10-13-6-7-14(21-4)11-16(13)22-5/h6-7,11,15H,8-10,12H2,1-5H3. The molecular formula is C18H27NO5. The third kappa shape index (κ3) is 5.03. The summed E-state index contributed by atoms with van der Waals surface area (Å²) in [4.78, 5) is 13.9. The van der Waals surface area contributed by atoms with E-state index in [-0.39, 0.29) is 12.2 Å². The van der Waals surface area contributed by atoms with Gasteiger partial charge in [0.25, 0.3) is 0 Å². The Morgan fingerprint density at radius 3 is 2.67 bits per heavy atom. The highest BCUT2D eigenvalue weighted by Gasteiger charge is 2.28. The van der Waals surface area contributed by atoms with Crippen molar-refractivity contribution in [2.45, 2.75) is 38.9 Å². The molecule has 1 unspecified atom stereocenters. The van der Waals surface area contributed by atoms with Gasteiger partial charge in [-0.1, -0.05) is 6.07 Å². The van der Waals surface area contributed by atoms with Crippen LogP contribution in [-0.2, 0) is 15.9 Å². The van der Waals surface area contributed by atoms with Gasteiger partial charge in [0.2, 0.25) is 0 Å². The molecule has 1 aromatic rings. The largest absolute Gasteiger partial charge is 0.497 e. The zero-order valence-electron chi connectivity index (χ0n) is 15.1. The van der Waals surface area contributed by atoms with Crippen molar-refractivity contribution in [1.29, 1.82) is 0 Å². The number of methoxy groups -OCH3 is 2. The zero-order valence-corrected chi connectivity index (χ0v) is 15.1. The molecule has 6 nitrogen and oxygen atoms in total. The van der Waals surface area contributed by atoms with Crippen molar-refractivity contribution in [3.63, 3.8) is 0 Å². The number of carbonyl (C=O) groups excluding carboxylic acids is 1. The number of carbonyl (C=O) groups is 1. The van der Waals surface area contributed by atoms with Crippen molar-refractivity contribution in [3.05, 3.63) is 23.8 Å². The Balaban J connectivity index is 2.01. The van der Waals surface area contributed by atoms with E-state index in [9.17, 15) is 4.79 Å². The Hall–Kier alpha value is -1.95. The van der Waals surface area contributed by atoms with Gasteiger partial charge in [0.15, 0.2) is 0 Å². The van der Waals surface area contributed by atoms with E-state index in [1.165, 1.54) is 0 Å². The fraction of sp³-hybridized carbons (Fsp3) is 0.611. The highest BCUT2D eigenvalue weighted by Crippen LogP contribution is 2.27. The topological polar surface area (TPSA) is 57.2 Å². The number of benzene rings is 1. The zero-order chi connectivity index (χ0) is 17.7. The summed E-state index contributed by atoms with van der Waals surface area (Å²) in [5.74, 6) is 1.50. The minimum atomic E-state index is -0.496. The summed E-state index contributed by atoms with van der Waals surface area (Å²) in [5.41, 5.74) is 0.527. The molecule has 1 fully saturated rings. The number of hydrogen-bond acceptors (Lipinski definition) is 5. The van der Waals surface area contributed by atoms with E-state index < -0.39 is 5.60 Å². The van der Waals surface area contributed by atoms with Gasteiger partial charge in [-0.05, 0) is 32.4 Å². The van der Waals surface area contributed by atoms with Gasteiger partial charge in [-0.3, -0.25) is 0 Å². The second-order valence-corrected chi connectivity index (χ2v) is 6.80. The Kier molecular flexibility index (Phi) is 5.94. The maximum absolute atomic E-state index is 12.2. The van der Waals surface area contributed by atoms with Gasteiger partial charge in [-0.2, -0.15) is 0 Å². The van der Waals surface area contributed by atoms with E-state index >= 15 is 0 Å². The Labute approximate surface area is 143 Å². The summed E-state index contributed by atoms with van der Waals surface area (Å²) in [7, 11) is 3.25. The molecule has 1 aliphatic rings. The molecule has 0 aromatic heterocycles. The van der Waals surface area contributed by atoms with Gasteiger partial charge < -0.3 is 23.8 Å². The first-order valence-electron chi connectivity index (χ1n) is 8.13. The molecule has 1 atom stereocenters. The number of amides is 1. The van der Waals surface area contributed by atoms with Crippen LogP contribution < -0.4 is 9.47 Å². The molecule has 1 aliphatic heterocycles. The van der Waals surface area contributed by atoms with Crippen LogP contribution in [0.5, 0.6) is 11.5 Å². The van der Waals surface area contributed by atoms with Crippen LogP contribution in [0.2, 0.25) is 0 Å². The molecule has 1 heterocycles. The smallest absolute Gasteiger partial charge is 0.410 e.